The van der Waals surface area contributed by atoms with Crippen molar-refractivity contribution in [3.05, 3.63) is 65.0 Å². The van der Waals surface area contributed by atoms with Crippen LogP contribution in [-0.4, -0.2) is 19.3 Å². The van der Waals surface area contributed by atoms with Gasteiger partial charge in [0.25, 0.3) is 0 Å². The molecule has 4 nitrogen and oxygen atoms in total. The van der Waals surface area contributed by atoms with Crippen molar-refractivity contribution in [2.24, 2.45) is 5.16 Å². The van der Waals surface area contributed by atoms with Crippen LogP contribution in [0.2, 0.25) is 0 Å². The fourth-order valence-corrected chi connectivity index (χ4v) is 2.78. The molecule has 0 atom stereocenters. The van der Waals surface area contributed by atoms with Gasteiger partial charge in [-0.1, -0.05) is 29.4 Å². The smallest absolute Gasteiger partial charge is 0.147 e. The van der Waals surface area contributed by atoms with Crippen LogP contribution in [0.15, 0.2) is 47.6 Å². The lowest BCUT2D eigenvalue weighted by Gasteiger charge is -2.18. The number of benzene rings is 2. The van der Waals surface area contributed by atoms with Gasteiger partial charge in [0.2, 0.25) is 0 Å². The Kier molecular flexibility index (Phi) is 5.07. The Balaban J connectivity index is 1.60. The minimum atomic E-state index is -0.240. The lowest BCUT2D eigenvalue weighted by molar-refractivity contribution is 0.132. The van der Waals surface area contributed by atoms with Crippen molar-refractivity contribution in [3.63, 3.8) is 0 Å². The van der Waals surface area contributed by atoms with E-state index in [1.54, 1.807) is 18.2 Å². The maximum absolute atomic E-state index is 14.2. The highest BCUT2D eigenvalue weighted by molar-refractivity contribution is 5.80. The van der Waals surface area contributed by atoms with Crippen molar-refractivity contribution in [1.82, 2.24) is 0 Å². The minimum absolute atomic E-state index is 0.203. The first-order valence-corrected chi connectivity index (χ1v) is 7.96. The van der Waals surface area contributed by atoms with E-state index in [0.717, 1.165) is 31.5 Å². The third-order valence-corrected chi connectivity index (χ3v) is 4.05. The van der Waals surface area contributed by atoms with Gasteiger partial charge in [-0.15, -0.1) is 0 Å². The van der Waals surface area contributed by atoms with E-state index in [0.29, 0.717) is 16.8 Å². The fourth-order valence-electron chi connectivity index (χ4n) is 2.78. The zero-order chi connectivity index (χ0) is 16.8. The monoisotopic (exact) mass is 323 g/mol. The van der Waals surface area contributed by atoms with Crippen molar-refractivity contribution in [2.75, 3.05) is 18.0 Å². The van der Waals surface area contributed by atoms with Gasteiger partial charge in [0.05, 0.1) is 23.5 Å². The summed E-state index contributed by atoms with van der Waals surface area (Å²) in [5, 5.41) is 12.9. The number of nitrogens with zero attached hydrogens (tertiary/aromatic N) is 3. The second kappa shape index (κ2) is 7.60. The number of hydrogen-bond acceptors (Lipinski definition) is 4. The standard InChI is InChI=1S/C19H18FN3O/c20-18-11-15(7-8-19(18)23-9-3-4-10-23)13-22-24-14-17-6-2-1-5-16(17)12-21/h1-2,5-8,11,13H,3-4,9-10,14H2/b22-13-. The Morgan fingerprint density at radius 1 is 1.21 bits per heavy atom. The summed E-state index contributed by atoms with van der Waals surface area (Å²) in [5.41, 5.74) is 2.62. The maximum Gasteiger partial charge on any atom is 0.147 e. The second-order valence-electron chi connectivity index (χ2n) is 5.68. The van der Waals surface area contributed by atoms with Gasteiger partial charge in [-0.2, -0.15) is 5.26 Å². The summed E-state index contributed by atoms with van der Waals surface area (Å²) in [5.74, 6) is -0.240. The van der Waals surface area contributed by atoms with E-state index < -0.39 is 0 Å². The van der Waals surface area contributed by atoms with Crippen molar-refractivity contribution in [3.8, 4) is 6.07 Å². The van der Waals surface area contributed by atoms with E-state index >= 15 is 0 Å². The summed E-state index contributed by atoms with van der Waals surface area (Å²) in [4.78, 5) is 7.28. The van der Waals surface area contributed by atoms with Gasteiger partial charge in [-0.25, -0.2) is 4.39 Å². The molecule has 1 fully saturated rings. The highest BCUT2D eigenvalue weighted by Gasteiger charge is 2.15. The van der Waals surface area contributed by atoms with Crippen LogP contribution in [-0.2, 0) is 11.4 Å². The molecule has 0 amide bonds. The Labute approximate surface area is 140 Å². The third kappa shape index (κ3) is 3.72. The summed E-state index contributed by atoms with van der Waals surface area (Å²) >= 11 is 0. The van der Waals surface area contributed by atoms with Crippen LogP contribution in [0.1, 0.15) is 29.5 Å². The molecule has 0 saturated carbocycles. The van der Waals surface area contributed by atoms with Crippen molar-refractivity contribution >= 4 is 11.9 Å². The van der Waals surface area contributed by atoms with Gasteiger partial charge in [0.1, 0.15) is 12.4 Å². The van der Waals surface area contributed by atoms with Crippen LogP contribution in [0.25, 0.3) is 0 Å². The van der Waals surface area contributed by atoms with Crippen LogP contribution in [0.4, 0.5) is 10.1 Å². The molecule has 0 spiro atoms. The van der Waals surface area contributed by atoms with E-state index in [2.05, 4.69) is 16.1 Å². The number of oxime groups is 1. The first kappa shape index (κ1) is 16.0. The highest BCUT2D eigenvalue weighted by Crippen LogP contribution is 2.24. The molecule has 0 aliphatic carbocycles. The predicted octanol–water partition coefficient (Wildman–Crippen LogP) is 3.85. The van der Waals surface area contributed by atoms with Crippen LogP contribution in [0.3, 0.4) is 0 Å². The summed E-state index contributed by atoms with van der Waals surface area (Å²) in [6.07, 6.45) is 3.70. The van der Waals surface area contributed by atoms with E-state index in [1.807, 2.05) is 18.2 Å². The number of nitriles is 1. The van der Waals surface area contributed by atoms with Crippen molar-refractivity contribution < 1.29 is 9.23 Å². The quantitative estimate of drug-likeness (QED) is 0.620. The summed E-state index contributed by atoms with van der Waals surface area (Å²) in [6.45, 7) is 2.02. The van der Waals surface area contributed by atoms with Crippen LogP contribution >= 0.6 is 0 Å². The topological polar surface area (TPSA) is 48.6 Å². The molecule has 1 aliphatic heterocycles. The molecule has 0 radical (unpaired) electrons. The zero-order valence-corrected chi connectivity index (χ0v) is 13.3. The lowest BCUT2D eigenvalue weighted by atomic mass is 10.1. The molecule has 0 aromatic heterocycles. The highest BCUT2D eigenvalue weighted by atomic mass is 19.1. The molecule has 0 N–H and O–H groups in total. The largest absolute Gasteiger partial charge is 0.391 e. The van der Waals surface area contributed by atoms with Gasteiger partial charge in [-0.3, -0.25) is 0 Å². The third-order valence-electron chi connectivity index (χ3n) is 4.05. The number of halogens is 1. The van der Waals surface area contributed by atoms with Crippen molar-refractivity contribution in [2.45, 2.75) is 19.4 Å². The van der Waals surface area contributed by atoms with E-state index in [-0.39, 0.29) is 12.4 Å². The van der Waals surface area contributed by atoms with E-state index in [4.69, 9.17) is 10.1 Å². The normalized spacial score (nSPS) is 14.1. The molecule has 0 bridgehead atoms. The molecular formula is C19H18FN3O. The van der Waals surface area contributed by atoms with Crippen LogP contribution in [0, 0.1) is 17.1 Å². The molecule has 0 unspecified atom stereocenters. The molecule has 1 aliphatic rings. The van der Waals surface area contributed by atoms with Crippen LogP contribution < -0.4 is 4.90 Å². The van der Waals surface area contributed by atoms with E-state index in [1.165, 1.54) is 12.3 Å². The average molecular weight is 323 g/mol. The first-order chi connectivity index (χ1) is 11.8. The molecule has 122 valence electrons. The second-order valence-corrected chi connectivity index (χ2v) is 5.68. The molecule has 5 heteroatoms. The Morgan fingerprint density at radius 2 is 2.00 bits per heavy atom. The van der Waals surface area contributed by atoms with Crippen molar-refractivity contribution in [1.29, 1.82) is 5.26 Å². The molecular weight excluding hydrogens is 305 g/mol. The molecule has 24 heavy (non-hydrogen) atoms. The lowest BCUT2D eigenvalue weighted by Crippen LogP contribution is -2.18. The Hall–Kier alpha value is -2.87. The average Bonchev–Trinajstić information content (AvgIpc) is 3.13. The number of hydrogen-bond donors (Lipinski definition) is 0. The van der Waals surface area contributed by atoms with Gasteiger partial charge in [-0.05, 0) is 36.6 Å². The van der Waals surface area contributed by atoms with Gasteiger partial charge in [0.15, 0.2) is 0 Å². The zero-order valence-electron chi connectivity index (χ0n) is 13.3. The molecule has 1 heterocycles. The minimum Gasteiger partial charge on any atom is -0.391 e. The summed E-state index contributed by atoms with van der Waals surface area (Å²) in [7, 11) is 0. The summed E-state index contributed by atoms with van der Waals surface area (Å²) < 4.78 is 14.2. The van der Waals surface area contributed by atoms with Gasteiger partial charge in [0, 0.05) is 18.7 Å². The molecule has 2 aromatic rings. The number of anilines is 1. The molecule has 3 rings (SSSR count). The maximum atomic E-state index is 14.2. The SMILES string of the molecule is N#Cc1ccccc1CO/N=C\c1ccc(N2CCCC2)c(F)c1. The number of rotatable bonds is 5. The Bertz CT molecular complexity index is 776. The molecule has 2 aromatic carbocycles. The van der Waals surface area contributed by atoms with E-state index in [9.17, 15) is 4.39 Å². The predicted molar refractivity (Wildman–Crippen MR) is 91.4 cm³/mol. The van der Waals surface area contributed by atoms with Crippen LogP contribution in [0.5, 0.6) is 0 Å². The summed E-state index contributed by atoms with van der Waals surface area (Å²) in [6, 6.07) is 14.4. The first-order valence-electron chi connectivity index (χ1n) is 7.96. The Morgan fingerprint density at radius 3 is 2.75 bits per heavy atom. The van der Waals surface area contributed by atoms with Gasteiger partial charge < -0.3 is 9.74 Å². The fraction of sp³-hybridized carbons (Fsp3) is 0.263. The van der Waals surface area contributed by atoms with Gasteiger partial charge >= 0.3 is 0 Å². The molecule has 1 saturated heterocycles.